The van der Waals surface area contributed by atoms with Crippen molar-refractivity contribution in [3.8, 4) is 0 Å². The van der Waals surface area contributed by atoms with Crippen molar-refractivity contribution in [1.29, 1.82) is 0 Å². The topological polar surface area (TPSA) is 38.8 Å². The van der Waals surface area contributed by atoms with Crippen molar-refractivity contribution in [2.45, 2.75) is 58.4 Å². The Morgan fingerprint density at radius 1 is 1.50 bits per heavy atom. The van der Waals surface area contributed by atoms with Gasteiger partial charge in [-0.25, -0.2) is 4.79 Å². The molecule has 1 aliphatic heterocycles. The van der Waals surface area contributed by atoms with Crippen LogP contribution >= 0.6 is 0 Å². The summed E-state index contributed by atoms with van der Waals surface area (Å²) in [6, 6.07) is 10.8. The van der Waals surface area contributed by atoms with Gasteiger partial charge in [0.2, 0.25) is 0 Å². The summed E-state index contributed by atoms with van der Waals surface area (Å²) in [4.78, 5) is 14.2. The van der Waals surface area contributed by atoms with Gasteiger partial charge in [0.05, 0.1) is 12.6 Å². The van der Waals surface area contributed by atoms with Crippen LogP contribution in [0.2, 0.25) is 0 Å². The van der Waals surface area contributed by atoms with E-state index < -0.39 is 11.3 Å². The zero-order valence-electron chi connectivity index (χ0n) is 14.5. The third kappa shape index (κ3) is 4.77. The summed E-state index contributed by atoms with van der Waals surface area (Å²) in [5.74, 6) is 0. The van der Waals surface area contributed by atoms with Crippen molar-refractivity contribution in [1.82, 2.24) is 4.90 Å². The Kier molecular flexibility index (Phi) is 6.15. The molecule has 0 saturated carbocycles. The van der Waals surface area contributed by atoms with Crippen LogP contribution in [0.1, 0.15) is 40.2 Å². The van der Waals surface area contributed by atoms with Gasteiger partial charge >= 0.3 is 25.0 Å². The van der Waals surface area contributed by atoms with E-state index in [0.29, 0.717) is 6.61 Å². The van der Waals surface area contributed by atoms with Crippen LogP contribution in [-0.2, 0) is 15.9 Å². The molecule has 5 heteroatoms. The molecule has 1 aromatic carbocycles. The van der Waals surface area contributed by atoms with Crippen molar-refractivity contribution < 1.29 is 33.1 Å². The third-order valence-corrected chi connectivity index (χ3v) is 3.41. The molecule has 0 spiro atoms. The molecule has 116 valence electrons. The van der Waals surface area contributed by atoms with Crippen molar-refractivity contribution >= 4 is 6.09 Å². The molecule has 0 N–H and O–H groups in total. The van der Waals surface area contributed by atoms with Crippen LogP contribution in [0.5, 0.6) is 0 Å². The van der Waals surface area contributed by atoms with Gasteiger partial charge in [0.15, 0.2) is 0 Å². The molecule has 1 fully saturated rings. The summed E-state index contributed by atoms with van der Waals surface area (Å²) in [7, 11) is 0. The maximum atomic E-state index is 12.5. The predicted molar refractivity (Wildman–Crippen MR) is 80.9 cm³/mol. The second-order valence-electron chi connectivity index (χ2n) is 6.88. The smallest absolute Gasteiger partial charge is 0.444 e. The maximum absolute atomic E-state index is 12.5. The second kappa shape index (κ2) is 7.08. The molecule has 1 amide bonds. The molecule has 1 unspecified atom stereocenters. The average Bonchev–Trinajstić information content (AvgIpc) is 2.63. The van der Waals surface area contributed by atoms with Gasteiger partial charge in [0.1, 0.15) is 11.3 Å². The predicted octanol–water partition coefficient (Wildman–Crippen LogP) is 0.405. The Morgan fingerprint density at radius 3 is 2.73 bits per heavy atom. The van der Waals surface area contributed by atoms with Crippen LogP contribution in [0.3, 0.4) is 0 Å². The SMILES string of the molecule is CC(C)(C)OC(=O)N1C(Cc2c[c-]ccc2)COC1(C)C.[Li+]. The van der Waals surface area contributed by atoms with Gasteiger partial charge in [-0.2, -0.15) is 35.9 Å². The summed E-state index contributed by atoms with van der Waals surface area (Å²) in [6.45, 7) is 9.92. The van der Waals surface area contributed by atoms with Crippen LogP contribution in [0.25, 0.3) is 0 Å². The van der Waals surface area contributed by atoms with E-state index in [1.165, 1.54) is 0 Å². The first-order valence-electron chi connectivity index (χ1n) is 7.30. The summed E-state index contributed by atoms with van der Waals surface area (Å²) >= 11 is 0. The first-order valence-corrected chi connectivity index (χ1v) is 7.30. The second-order valence-corrected chi connectivity index (χ2v) is 6.88. The van der Waals surface area contributed by atoms with Gasteiger partial charge in [-0.05, 0) is 34.6 Å². The Bertz CT molecular complexity index is 496. The van der Waals surface area contributed by atoms with Crippen molar-refractivity contribution in [2.24, 2.45) is 0 Å². The van der Waals surface area contributed by atoms with E-state index in [-0.39, 0.29) is 31.0 Å². The van der Waals surface area contributed by atoms with E-state index in [4.69, 9.17) is 9.47 Å². The minimum absolute atomic E-state index is 0. The summed E-state index contributed by atoms with van der Waals surface area (Å²) in [6.07, 6.45) is 0.412. The number of ether oxygens (including phenoxy) is 2. The molecular formula is C17H24LiNO3. The Balaban J connectivity index is 0.00000242. The molecule has 0 aliphatic carbocycles. The first-order chi connectivity index (χ1) is 9.69. The molecule has 0 radical (unpaired) electrons. The van der Waals surface area contributed by atoms with Crippen molar-refractivity contribution in [3.63, 3.8) is 0 Å². The molecule has 1 heterocycles. The Morgan fingerprint density at radius 2 is 2.18 bits per heavy atom. The number of carbonyl (C=O) groups excluding carboxylic acids is 1. The van der Waals surface area contributed by atoms with Crippen LogP contribution < -0.4 is 18.9 Å². The van der Waals surface area contributed by atoms with E-state index in [0.717, 1.165) is 12.0 Å². The molecule has 2 rings (SSSR count). The van der Waals surface area contributed by atoms with Crippen molar-refractivity contribution in [3.05, 3.63) is 35.9 Å². The quantitative estimate of drug-likeness (QED) is 0.586. The molecule has 0 bridgehead atoms. The van der Waals surface area contributed by atoms with E-state index in [9.17, 15) is 4.79 Å². The monoisotopic (exact) mass is 297 g/mol. The van der Waals surface area contributed by atoms with E-state index in [1.54, 1.807) is 4.90 Å². The summed E-state index contributed by atoms with van der Waals surface area (Å²) in [5.41, 5.74) is -0.0240. The van der Waals surface area contributed by atoms with Gasteiger partial charge in [0.25, 0.3) is 0 Å². The number of carbonyl (C=O) groups is 1. The molecule has 0 aromatic heterocycles. The van der Waals surface area contributed by atoms with Crippen LogP contribution in [0, 0.1) is 6.07 Å². The zero-order chi connectivity index (χ0) is 15.7. The molecule has 1 aromatic rings. The fraction of sp³-hybridized carbons (Fsp3) is 0.588. The summed E-state index contributed by atoms with van der Waals surface area (Å²) in [5, 5.41) is 0. The fourth-order valence-electron chi connectivity index (χ4n) is 2.54. The normalized spacial score (nSPS) is 20.4. The number of hydrogen-bond donors (Lipinski definition) is 0. The molecule has 22 heavy (non-hydrogen) atoms. The number of amides is 1. The Labute approximate surface area is 145 Å². The number of hydrogen-bond acceptors (Lipinski definition) is 3. The van der Waals surface area contributed by atoms with E-state index in [1.807, 2.05) is 58.9 Å². The fourth-order valence-corrected chi connectivity index (χ4v) is 2.54. The first kappa shape index (κ1) is 19.1. The van der Waals surface area contributed by atoms with Crippen LogP contribution in [0.4, 0.5) is 4.79 Å². The molecule has 1 atom stereocenters. The number of nitrogens with zero attached hydrogens (tertiary/aromatic N) is 1. The largest absolute Gasteiger partial charge is 1.00 e. The standard InChI is InChI=1S/C17H24NO3.Li/c1-16(2,3)21-15(19)18-14(12-20-17(18,4)5)11-13-9-7-6-8-10-13;/h6-7,9-10,14H,11-12H2,1-5H3;/q-1;+1. The molecular weight excluding hydrogens is 273 g/mol. The maximum Gasteiger partial charge on any atom is 1.00 e. The van der Waals surface area contributed by atoms with Crippen LogP contribution in [0.15, 0.2) is 24.3 Å². The Hall–Kier alpha value is -0.953. The van der Waals surface area contributed by atoms with Gasteiger partial charge in [-0.3, -0.25) is 4.90 Å². The minimum atomic E-state index is -0.647. The van der Waals surface area contributed by atoms with Crippen molar-refractivity contribution in [2.75, 3.05) is 6.61 Å². The summed E-state index contributed by atoms with van der Waals surface area (Å²) < 4.78 is 11.3. The third-order valence-electron chi connectivity index (χ3n) is 3.41. The van der Waals surface area contributed by atoms with Gasteiger partial charge in [-0.15, -0.1) is 0 Å². The van der Waals surface area contributed by atoms with Crippen LogP contribution in [-0.4, -0.2) is 35.0 Å². The molecule has 4 nitrogen and oxygen atoms in total. The molecule has 1 aliphatic rings. The minimum Gasteiger partial charge on any atom is -0.444 e. The van der Waals surface area contributed by atoms with Gasteiger partial charge < -0.3 is 9.47 Å². The van der Waals surface area contributed by atoms with E-state index >= 15 is 0 Å². The van der Waals surface area contributed by atoms with Gasteiger partial charge in [0, 0.05) is 0 Å². The number of benzene rings is 1. The van der Waals surface area contributed by atoms with E-state index in [2.05, 4.69) is 6.07 Å². The zero-order valence-corrected chi connectivity index (χ0v) is 14.5. The molecule has 1 saturated heterocycles. The number of rotatable bonds is 2. The average molecular weight is 297 g/mol. The van der Waals surface area contributed by atoms with Gasteiger partial charge in [-0.1, -0.05) is 6.42 Å².